The number of fused-ring (bicyclic) bond motifs is 1. The number of hydrogen-bond acceptors (Lipinski definition) is 3. The molecule has 1 N–H and O–H groups in total. The maximum atomic E-state index is 12.2. The molecule has 0 amide bonds. The molecule has 4 heteroatoms. The van der Waals surface area contributed by atoms with Crippen molar-refractivity contribution in [2.75, 3.05) is 4.72 Å². The van der Waals surface area contributed by atoms with Crippen LogP contribution in [0.3, 0.4) is 0 Å². The number of nitrogens with one attached hydrogen (secondary N) is 1. The molecule has 1 aromatic heterocycles. The van der Waals surface area contributed by atoms with Crippen LogP contribution in [0.1, 0.15) is 0 Å². The minimum Gasteiger partial charge on any atom is -0.588 e. The normalized spacial score (nSPS) is 12.3. The number of rotatable bonds is 3. The van der Waals surface area contributed by atoms with E-state index in [1.807, 2.05) is 54.6 Å². The van der Waals surface area contributed by atoms with E-state index in [0.717, 1.165) is 21.4 Å². The van der Waals surface area contributed by atoms with Crippen LogP contribution in [0, 0.1) is 0 Å². The summed E-state index contributed by atoms with van der Waals surface area (Å²) in [6.45, 7) is 0. The summed E-state index contributed by atoms with van der Waals surface area (Å²) in [6.07, 6.45) is 3.50. The molecule has 3 rings (SSSR count). The van der Waals surface area contributed by atoms with Crippen molar-refractivity contribution in [3.63, 3.8) is 0 Å². The molecule has 0 radical (unpaired) electrons. The fraction of sp³-hybridized carbons (Fsp3) is 0. The van der Waals surface area contributed by atoms with Crippen molar-refractivity contribution in [3.8, 4) is 0 Å². The fourth-order valence-corrected chi connectivity index (χ4v) is 2.79. The minimum atomic E-state index is -1.28. The van der Waals surface area contributed by atoms with Crippen molar-refractivity contribution >= 4 is 27.8 Å². The van der Waals surface area contributed by atoms with Crippen molar-refractivity contribution in [1.82, 2.24) is 4.98 Å². The van der Waals surface area contributed by atoms with Crippen LogP contribution in [0.25, 0.3) is 10.8 Å². The smallest absolute Gasteiger partial charge is 0.179 e. The first-order chi connectivity index (χ1) is 9.34. The predicted octanol–water partition coefficient (Wildman–Crippen LogP) is 3.37. The average molecular weight is 268 g/mol. The monoisotopic (exact) mass is 268 g/mol. The Kier molecular flexibility index (Phi) is 3.35. The van der Waals surface area contributed by atoms with Crippen LogP contribution in [-0.4, -0.2) is 9.54 Å². The second-order valence-corrected chi connectivity index (χ2v) is 5.31. The maximum absolute atomic E-state index is 12.2. The average Bonchev–Trinajstić information content (AvgIpc) is 2.48. The summed E-state index contributed by atoms with van der Waals surface area (Å²) >= 11 is -1.28. The van der Waals surface area contributed by atoms with Crippen LogP contribution >= 0.6 is 0 Å². The van der Waals surface area contributed by atoms with Gasteiger partial charge in [0, 0.05) is 17.0 Å². The summed E-state index contributed by atoms with van der Waals surface area (Å²) in [5.74, 6) is 0. The molecule has 1 atom stereocenters. The predicted molar refractivity (Wildman–Crippen MR) is 78.2 cm³/mol. The zero-order valence-corrected chi connectivity index (χ0v) is 10.9. The van der Waals surface area contributed by atoms with E-state index in [1.165, 1.54) is 0 Å². The third-order valence-electron chi connectivity index (χ3n) is 2.83. The Bertz CT molecular complexity index is 683. The maximum Gasteiger partial charge on any atom is 0.179 e. The first-order valence-corrected chi connectivity index (χ1v) is 7.06. The van der Waals surface area contributed by atoms with Gasteiger partial charge in [-0.15, -0.1) is 0 Å². The van der Waals surface area contributed by atoms with Crippen molar-refractivity contribution in [2.24, 2.45) is 0 Å². The Hall–Kier alpha value is -2.04. The number of benzene rings is 2. The number of anilines is 1. The molecule has 2 aromatic carbocycles. The Morgan fingerprint density at radius 3 is 2.47 bits per heavy atom. The molecule has 0 aliphatic rings. The van der Waals surface area contributed by atoms with Gasteiger partial charge in [-0.2, -0.15) is 0 Å². The molecule has 1 heterocycles. The molecule has 0 fully saturated rings. The highest BCUT2D eigenvalue weighted by Crippen LogP contribution is 2.24. The van der Waals surface area contributed by atoms with Gasteiger partial charge in [-0.05, 0) is 12.1 Å². The lowest BCUT2D eigenvalue weighted by Gasteiger charge is -2.12. The molecule has 0 aliphatic carbocycles. The Morgan fingerprint density at radius 2 is 1.63 bits per heavy atom. The van der Waals surface area contributed by atoms with Gasteiger partial charge in [-0.3, -0.25) is 4.98 Å². The zero-order valence-electron chi connectivity index (χ0n) is 10.1. The van der Waals surface area contributed by atoms with Crippen LogP contribution < -0.4 is 4.72 Å². The lowest BCUT2D eigenvalue weighted by Crippen LogP contribution is -2.13. The molecule has 0 aliphatic heterocycles. The van der Waals surface area contributed by atoms with Crippen LogP contribution in [-0.2, 0) is 11.4 Å². The van der Waals surface area contributed by atoms with E-state index in [9.17, 15) is 4.55 Å². The molecule has 1 unspecified atom stereocenters. The summed E-state index contributed by atoms with van der Waals surface area (Å²) in [6, 6.07) is 17.2. The SMILES string of the molecule is [O-][S+](Nc1cncc2ccccc12)c1ccccc1. The quantitative estimate of drug-likeness (QED) is 0.741. The van der Waals surface area contributed by atoms with Gasteiger partial charge in [0.25, 0.3) is 0 Å². The van der Waals surface area contributed by atoms with E-state index in [-0.39, 0.29) is 0 Å². The number of nitrogens with zero attached hydrogens (tertiary/aromatic N) is 1. The molecule has 0 bridgehead atoms. The third kappa shape index (κ3) is 2.54. The van der Waals surface area contributed by atoms with Crippen LogP contribution in [0.15, 0.2) is 71.9 Å². The molecule has 3 aromatic rings. The highest BCUT2D eigenvalue weighted by atomic mass is 32.2. The Labute approximate surface area is 114 Å². The molecule has 3 nitrogen and oxygen atoms in total. The van der Waals surface area contributed by atoms with E-state index < -0.39 is 11.4 Å². The molecular weight excluding hydrogens is 256 g/mol. The topological polar surface area (TPSA) is 48.0 Å². The van der Waals surface area contributed by atoms with Gasteiger partial charge in [0.05, 0.1) is 6.20 Å². The highest BCUT2D eigenvalue weighted by Gasteiger charge is 2.12. The lowest BCUT2D eigenvalue weighted by atomic mass is 10.1. The summed E-state index contributed by atoms with van der Waals surface area (Å²) in [5, 5.41) is 2.04. The summed E-state index contributed by atoms with van der Waals surface area (Å²) in [7, 11) is 0. The van der Waals surface area contributed by atoms with E-state index in [4.69, 9.17) is 0 Å². The van der Waals surface area contributed by atoms with Crippen molar-refractivity contribution in [3.05, 3.63) is 67.0 Å². The van der Waals surface area contributed by atoms with E-state index >= 15 is 0 Å². The van der Waals surface area contributed by atoms with Gasteiger partial charge in [0.15, 0.2) is 4.90 Å². The zero-order chi connectivity index (χ0) is 13.1. The van der Waals surface area contributed by atoms with Gasteiger partial charge in [0.1, 0.15) is 17.0 Å². The number of pyridine rings is 1. The summed E-state index contributed by atoms with van der Waals surface area (Å²) in [4.78, 5) is 4.91. The lowest BCUT2D eigenvalue weighted by molar-refractivity contribution is 0.600. The first-order valence-electron chi connectivity index (χ1n) is 5.91. The second kappa shape index (κ2) is 5.30. The third-order valence-corrected chi connectivity index (χ3v) is 3.93. The first kappa shape index (κ1) is 12.0. The summed E-state index contributed by atoms with van der Waals surface area (Å²) in [5.41, 5.74) is 0.778. The van der Waals surface area contributed by atoms with Crippen molar-refractivity contribution in [2.45, 2.75) is 4.90 Å². The van der Waals surface area contributed by atoms with Crippen LogP contribution in [0.5, 0.6) is 0 Å². The van der Waals surface area contributed by atoms with Gasteiger partial charge in [0.2, 0.25) is 0 Å². The van der Waals surface area contributed by atoms with Gasteiger partial charge in [-0.25, -0.2) is 4.72 Å². The number of aromatic nitrogens is 1. The molecule has 0 spiro atoms. The minimum absolute atomic E-state index is 0.746. The summed E-state index contributed by atoms with van der Waals surface area (Å²) < 4.78 is 15.2. The molecule has 94 valence electrons. The molecular formula is C15H12N2OS. The standard InChI is InChI=1S/C15H12N2OS/c18-19(13-7-2-1-3-8-13)17-15-11-16-10-12-6-4-5-9-14(12)15/h1-11,17H. The van der Waals surface area contributed by atoms with Crippen LogP contribution in [0.4, 0.5) is 5.69 Å². The van der Waals surface area contributed by atoms with Crippen LogP contribution in [0.2, 0.25) is 0 Å². The Balaban J connectivity index is 1.94. The molecule has 0 saturated carbocycles. The van der Waals surface area contributed by atoms with Gasteiger partial charge in [-0.1, -0.05) is 42.5 Å². The largest absolute Gasteiger partial charge is 0.588 e. The fourth-order valence-electron chi connectivity index (χ4n) is 1.90. The van der Waals surface area contributed by atoms with E-state index in [0.29, 0.717) is 0 Å². The second-order valence-electron chi connectivity index (χ2n) is 4.09. The van der Waals surface area contributed by atoms with E-state index in [1.54, 1.807) is 12.4 Å². The Morgan fingerprint density at radius 1 is 0.895 bits per heavy atom. The molecule has 0 saturated heterocycles. The van der Waals surface area contributed by atoms with E-state index in [2.05, 4.69) is 9.71 Å². The van der Waals surface area contributed by atoms with Gasteiger partial charge < -0.3 is 4.55 Å². The molecule has 19 heavy (non-hydrogen) atoms. The van der Waals surface area contributed by atoms with Crippen molar-refractivity contribution < 1.29 is 4.55 Å². The van der Waals surface area contributed by atoms with Gasteiger partial charge >= 0.3 is 0 Å². The van der Waals surface area contributed by atoms with Crippen molar-refractivity contribution in [1.29, 1.82) is 0 Å². The number of hydrogen-bond donors (Lipinski definition) is 1. The highest BCUT2D eigenvalue weighted by molar-refractivity contribution is 7.92.